The quantitative estimate of drug-likeness (QED) is 0.679. The number of amides is 2. The van der Waals surface area contributed by atoms with E-state index in [1.165, 1.54) is 11.9 Å². The summed E-state index contributed by atoms with van der Waals surface area (Å²) in [5.41, 5.74) is 3.28. The molecule has 2 N–H and O–H groups in total. The van der Waals surface area contributed by atoms with Crippen LogP contribution in [0.2, 0.25) is 0 Å². The molecule has 2 aromatic carbocycles. The maximum atomic E-state index is 12.5. The second-order valence-electron chi connectivity index (χ2n) is 5.57. The lowest BCUT2D eigenvalue weighted by Gasteiger charge is -2.06. The van der Waals surface area contributed by atoms with Crippen LogP contribution in [0.3, 0.4) is 0 Å². The number of anilines is 1. The van der Waals surface area contributed by atoms with Crippen LogP contribution < -0.4 is 10.0 Å². The molecule has 0 bridgehead atoms. The van der Waals surface area contributed by atoms with E-state index in [1.54, 1.807) is 48.3 Å². The first-order valence-corrected chi connectivity index (χ1v) is 9.15. The molecule has 0 saturated carbocycles. The zero-order valence-corrected chi connectivity index (χ0v) is 15.2. The van der Waals surface area contributed by atoms with Crippen molar-refractivity contribution in [1.29, 1.82) is 0 Å². The predicted molar refractivity (Wildman–Crippen MR) is 104 cm³/mol. The van der Waals surface area contributed by atoms with Gasteiger partial charge in [0.15, 0.2) is 0 Å². The van der Waals surface area contributed by atoms with E-state index in [4.69, 9.17) is 0 Å². The SMILES string of the molecule is CSNC(=O)c1ccc(NC(=O)c2cc(-c3ccccc3)nn2C)cc1. The molecule has 1 heterocycles. The van der Waals surface area contributed by atoms with Crippen molar-refractivity contribution in [3.8, 4) is 11.3 Å². The molecule has 7 heteroatoms. The van der Waals surface area contributed by atoms with Gasteiger partial charge in [0.1, 0.15) is 5.69 Å². The van der Waals surface area contributed by atoms with Gasteiger partial charge in [-0.1, -0.05) is 42.3 Å². The number of aromatic nitrogens is 2. The maximum absolute atomic E-state index is 12.5. The molecule has 0 spiro atoms. The van der Waals surface area contributed by atoms with Gasteiger partial charge in [-0.2, -0.15) is 5.10 Å². The molecule has 0 radical (unpaired) electrons. The molecular weight excluding hydrogens is 348 g/mol. The number of benzene rings is 2. The van der Waals surface area contributed by atoms with Crippen LogP contribution in [-0.4, -0.2) is 27.9 Å². The molecule has 0 saturated heterocycles. The predicted octanol–water partition coefficient (Wildman–Crippen LogP) is 3.35. The molecule has 6 nitrogen and oxygen atoms in total. The van der Waals surface area contributed by atoms with Crippen molar-refractivity contribution in [2.75, 3.05) is 11.6 Å². The smallest absolute Gasteiger partial charge is 0.273 e. The molecule has 0 aliphatic carbocycles. The van der Waals surface area contributed by atoms with Gasteiger partial charge in [0.2, 0.25) is 0 Å². The van der Waals surface area contributed by atoms with Crippen LogP contribution in [0.4, 0.5) is 5.69 Å². The van der Waals surface area contributed by atoms with Crippen molar-refractivity contribution in [2.24, 2.45) is 7.05 Å². The van der Waals surface area contributed by atoms with Gasteiger partial charge >= 0.3 is 0 Å². The number of aryl methyl sites for hydroxylation is 1. The fourth-order valence-corrected chi connectivity index (χ4v) is 2.78. The largest absolute Gasteiger partial charge is 0.321 e. The number of hydrogen-bond donors (Lipinski definition) is 2. The highest BCUT2D eigenvalue weighted by Gasteiger charge is 2.14. The Bertz CT molecular complexity index is 920. The summed E-state index contributed by atoms with van der Waals surface area (Å²) in [6.07, 6.45) is 1.78. The summed E-state index contributed by atoms with van der Waals surface area (Å²) in [7, 11) is 1.73. The van der Waals surface area contributed by atoms with E-state index in [9.17, 15) is 9.59 Å². The standard InChI is InChI=1S/C19H18N4O2S/c1-23-17(12-16(21-23)13-6-4-3-5-7-13)19(25)20-15-10-8-14(9-11-15)18(24)22-26-2/h3-12H,1-2H3,(H,20,25)(H,22,24). The van der Waals surface area contributed by atoms with Crippen LogP contribution >= 0.6 is 11.9 Å². The summed E-state index contributed by atoms with van der Waals surface area (Å²) >= 11 is 1.24. The van der Waals surface area contributed by atoms with Crippen LogP contribution in [0.25, 0.3) is 11.3 Å². The van der Waals surface area contributed by atoms with E-state index in [1.807, 2.05) is 30.3 Å². The summed E-state index contributed by atoms with van der Waals surface area (Å²) in [5.74, 6) is -0.432. The van der Waals surface area contributed by atoms with Gasteiger partial charge in [0.25, 0.3) is 11.8 Å². The second-order valence-corrected chi connectivity index (χ2v) is 6.18. The summed E-state index contributed by atoms with van der Waals surface area (Å²) in [5, 5.41) is 7.23. The third-order valence-corrected chi connectivity index (χ3v) is 4.17. The lowest BCUT2D eigenvalue weighted by Crippen LogP contribution is -2.17. The molecule has 26 heavy (non-hydrogen) atoms. The van der Waals surface area contributed by atoms with Gasteiger partial charge in [0.05, 0.1) is 5.69 Å². The van der Waals surface area contributed by atoms with Gasteiger partial charge in [-0.3, -0.25) is 19.0 Å². The van der Waals surface area contributed by atoms with Crippen molar-refractivity contribution >= 4 is 29.4 Å². The highest BCUT2D eigenvalue weighted by molar-refractivity contribution is 7.97. The number of nitrogens with zero attached hydrogens (tertiary/aromatic N) is 2. The second kappa shape index (κ2) is 7.88. The minimum absolute atomic E-state index is 0.172. The molecule has 2 amide bonds. The first-order valence-electron chi connectivity index (χ1n) is 7.92. The molecule has 0 aliphatic rings. The van der Waals surface area contributed by atoms with Gasteiger partial charge in [0, 0.05) is 30.1 Å². The fourth-order valence-electron chi connectivity index (χ4n) is 2.48. The summed E-state index contributed by atoms with van der Waals surface area (Å²) < 4.78 is 4.21. The lowest BCUT2D eigenvalue weighted by atomic mass is 10.1. The van der Waals surface area contributed by atoms with Gasteiger partial charge < -0.3 is 5.32 Å². The summed E-state index contributed by atoms with van der Waals surface area (Å²) in [6, 6.07) is 18.2. The van der Waals surface area contributed by atoms with Crippen molar-refractivity contribution in [1.82, 2.24) is 14.5 Å². The molecule has 3 rings (SSSR count). The van der Waals surface area contributed by atoms with Crippen LogP contribution in [0.1, 0.15) is 20.8 Å². The Kier molecular flexibility index (Phi) is 5.38. The summed E-state index contributed by atoms with van der Waals surface area (Å²) in [6.45, 7) is 0. The number of rotatable bonds is 5. The third-order valence-electron chi connectivity index (χ3n) is 3.78. The molecule has 1 aromatic heterocycles. The lowest BCUT2D eigenvalue weighted by molar-refractivity contribution is 0.0983. The number of nitrogens with one attached hydrogen (secondary N) is 2. The molecular formula is C19H18N4O2S. The van der Waals surface area contributed by atoms with Crippen molar-refractivity contribution in [3.63, 3.8) is 0 Å². The van der Waals surface area contributed by atoms with Gasteiger partial charge in [-0.15, -0.1) is 0 Å². The van der Waals surface area contributed by atoms with E-state index >= 15 is 0 Å². The Morgan fingerprint density at radius 3 is 2.35 bits per heavy atom. The van der Waals surface area contributed by atoms with Crippen LogP contribution in [0.5, 0.6) is 0 Å². The van der Waals surface area contributed by atoms with E-state index in [-0.39, 0.29) is 11.8 Å². The summed E-state index contributed by atoms with van der Waals surface area (Å²) in [4.78, 5) is 24.3. The normalized spacial score (nSPS) is 10.4. The molecule has 132 valence electrons. The molecule has 0 aliphatic heterocycles. The van der Waals surface area contributed by atoms with E-state index < -0.39 is 0 Å². The average Bonchev–Trinajstić information content (AvgIpc) is 3.05. The highest BCUT2D eigenvalue weighted by Crippen LogP contribution is 2.19. The van der Waals surface area contributed by atoms with Crippen LogP contribution in [-0.2, 0) is 7.05 Å². The van der Waals surface area contributed by atoms with Gasteiger partial charge in [-0.25, -0.2) is 0 Å². The number of hydrogen-bond acceptors (Lipinski definition) is 4. The van der Waals surface area contributed by atoms with E-state index in [0.717, 1.165) is 11.3 Å². The Morgan fingerprint density at radius 2 is 1.69 bits per heavy atom. The number of carbonyl (C=O) groups is 2. The molecule has 0 fully saturated rings. The van der Waals surface area contributed by atoms with E-state index in [0.29, 0.717) is 16.9 Å². The topological polar surface area (TPSA) is 76.0 Å². The first-order chi connectivity index (χ1) is 12.6. The van der Waals surface area contributed by atoms with E-state index in [2.05, 4.69) is 15.1 Å². The fraction of sp³-hybridized carbons (Fsp3) is 0.105. The van der Waals surface area contributed by atoms with Crippen molar-refractivity contribution in [3.05, 3.63) is 71.9 Å². The number of carbonyl (C=O) groups excluding carboxylic acids is 2. The van der Waals surface area contributed by atoms with Crippen molar-refractivity contribution < 1.29 is 9.59 Å². The molecule has 0 atom stereocenters. The zero-order chi connectivity index (χ0) is 18.5. The Morgan fingerprint density at radius 1 is 1.00 bits per heavy atom. The Balaban J connectivity index is 1.74. The zero-order valence-electron chi connectivity index (χ0n) is 14.4. The maximum Gasteiger partial charge on any atom is 0.273 e. The third kappa shape index (κ3) is 3.94. The minimum Gasteiger partial charge on any atom is -0.321 e. The Labute approximate surface area is 155 Å². The van der Waals surface area contributed by atoms with Crippen LogP contribution in [0, 0.1) is 0 Å². The molecule has 3 aromatic rings. The monoisotopic (exact) mass is 366 g/mol. The van der Waals surface area contributed by atoms with Gasteiger partial charge in [-0.05, 0) is 30.3 Å². The Hall–Kier alpha value is -3.06. The highest BCUT2D eigenvalue weighted by atomic mass is 32.2. The minimum atomic E-state index is -0.261. The molecule has 0 unspecified atom stereocenters. The van der Waals surface area contributed by atoms with Crippen molar-refractivity contribution in [2.45, 2.75) is 0 Å². The van der Waals surface area contributed by atoms with Crippen LogP contribution in [0.15, 0.2) is 60.7 Å². The average molecular weight is 366 g/mol. The first kappa shape index (κ1) is 17.8.